The maximum Gasteiger partial charge on any atom is 0.267 e. The zero-order valence-electron chi connectivity index (χ0n) is 16.4. The molecule has 1 amide bonds. The van der Waals surface area contributed by atoms with E-state index >= 15 is 0 Å². The Morgan fingerprint density at radius 2 is 1.93 bits per heavy atom. The van der Waals surface area contributed by atoms with Crippen molar-refractivity contribution >= 4 is 39.2 Å². The summed E-state index contributed by atoms with van der Waals surface area (Å²) < 4.78 is 1.66. The normalized spacial score (nSPS) is 11.2. The van der Waals surface area contributed by atoms with Crippen LogP contribution in [0.3, 0.4) is 0 Å². The minimum Gasteiger partial charge on any atom is -0.348 e. The van der Waals surface area contributed by atoms with E-state index in [9.17, 15) is 9.59 Å². The Kier molecular flexibility index (Phi) is 5.44. The third kappa shape index (κ3) is 3.66. The highest BCUT2D eigenvalue weighted by atomic mass is 32.2. The van der Waals surface area contributed by atoms with Crippen molar-refractivity contribution in [2.45, 2.75) is 32.9 Å². The van der Waals surface area contributed by atoms with Crippen molar-refractivity contribution in [3.63, 3.8) is 0 Å². The monoisotopic (exact) mass is 401 g/mol. The lowest BCUT2D eigenvalue weighted by atomic mass is 10.1. The van der Waals surface area contributed by atoms with Crippen LogP contribution < -0.4 is 5.56 Å². The zero-order chi connectivity index (χ0) is 19.9. The quantitative estimate of drug-likeness (QED) is 0.492. The Morgan fingerprint density at radius 1 is 1.22 bits per heavy atom. The number of hydrogen-bond donors (Lipinski definition) is 0. The van der Waals surface area contributed by atoms with Crippen molar-refractivity contribution in [3.05, 3.63) is 50.1 Å². The highest BCUT2D eigenvalue weighted by molar-refractivity contribution is 7.99. The molecule has 5 nitrogen and oxygen atoms in total. The van der Waals surface area contributed by atoms with Crippen LogP contribution in [0.5, 0.6) is 0 Å². The molecule has 7 heteroatoms. The van der Waals surface area contributed by atoms with Crippen LogP contribution in [0, 0.1) is 27.7 Å². The van der Waals surface area contributed by atoms with E-state index in [0.29, 0.717) is 10.5 Å². The van der Waals surface area contributed by atoms with Gasteiger partial charge in [-0.15, -0.1) is 11.3 Å². The smallest absolute Gasteiger partial charge is 0.267 e. The molecule has 0 aliphatic rings. The predicted octanol–water partition coefficient (Wildman–Crippen LogP) is 3.86. The highest BCUT2D eigenvalue weighted by Gasteiger charge is 2.20. The van der Waals surface area contributed by atoms with Gasteiger partial charge in [-0.2, -0.15) is 0 Å². The predicted molar refractivity (Wildman–Crippen MR) is 114 cm³/mol. The molecule has 0 saturated heterocycles. The number of benzene rings is 1. The van der Waals surface area contributed by atoms with E-state index in [1.807, 2.05) is 39.8 Å². The number of hydrogen-bond acceptors (Lipinski definition) is 5. The Labute approximate surface area is 167 Å². The number of fused-ring (bicyclic) bond motifs is 1. The first-order valence-electron chi connectivity index (χ1n) is 8.64. The van der Waals surface area contributed by atoms with Gasteiger partial charge in [0.15, 0.2) is 5.16 Å². The molecule has 1 aromatic carbocycles. The Hall–Kier alpha value is -2.12. The molecule has 0 atom stereocenters. The molecule has 27 heavy (non-hydrogen) atoms. The first-order chi connectivity index (χ1) is 12.7. The molecule has 0 bridgehead atoms. The number of carbonyl (C=O) groups is 1. The molecular formula is C20H23N3O2S2. The number of aromatic nitrogens is 2. The molecule has 2 aromatic heterocycles. The van der Waals surface area contributed by atoms with Crippen molar-refractivity contribution in [2.24, 2.45) is 0 Å². The van der Waals surface area contributed by atoms with E-state index in [1.165, 1.54) is 23.1 Å². The average molecular weight is 402 g/mol. The van der Waals surface area contributed by atoms with E-state index in [4.69, 9.17) is 4.98 Å². The second-order valence-corrected chi connectivity index (χ2v) is 9.01. The summed E-state index contributed by atoms with van der Waals surface area (Å²) in [5, 5.41) is 1.22. The molecule has 0 spiro atoms. The Morgan fingerprint density at radius 3 is 2.56 bits per heavy atom. The second kappa shape index (κ2) is 7.48. The number of carbonyl (C=O) groups excluding carboxylic acids is 1. The largest absolute Gasteiger partial charge is 0.348 e. The van der Waals surface area contributed by atoms with Crippen molar-refractivity contribution in [1.29, 1.82) is 0 Å². The molecule has 3 rings (SSSR count). The summed E-state index contributed by atoms with van der Waals surface area (Å²) in [5.74, 6) is 0.221. The lowest BCUT2D eigenvalue weighted by Crippen LogP contribution is -2.26. The Balaban J connectivity index is 2.25. The fourth-order valence-corrected chi connectivity index (χ4v) is 4.95. The van der Waals surface area contributed by atoms with Crippen LogP contribution >= 0.6 is 23.1 Å². The molecular weight excluding hydrogens is 378 g/mol. The first kappa shape index (κ1) is 19.6. The molecule has 0 saturated carbocycles. The zero-order valence-corrected chi connectivity index (χ0v) is 18.0. The number of amides is 1. The number of rotatable bonds is 4. The molecule has 3 aromatic rings. The minimum absolute atomic E-state index is 0.0138. The fraction of sp³-hybridized carbons (Fsp3) is 0.350. The van der Waals surface area contributed by atoms with Crippen LogP contribution in [0.1, 0.15) is 21.6 Å². The lowest BCUT2D eigenvalue weighted by Gasteiger charge is -2.15. The summed E-state index contributed by atoms with van der Waals surface area (Å²) in [7, 11) is 3.45. The van der Waals surface area contributed by atoms with E-state index in [2.05, 4.69) is 6.07 Å². The van der Waals surface area contributed by atoms with E-state index in [1.54, 1.807) is 23.6 Å². The molecule has 0 unspecified atom stereocenters. The lowest BCUT2D eigenvalue weighted by molar-refractivity contribution is -0.125. The number of nitrogens with zero attached hydrogens (tertiary/aromatic N) is 3. The van der Waals surface area contributed by atoms with Gasteiger partial charge in [0.1, 0.15) is 4.83 Å². The van der Waals surface area contributed by atoms with Crippen LogP contribution in [-0.2, 0) is 4.79 Å². The molecule has 0 N–H and O–H groups in total. The SMILES string of the molecule is Cc1ccc(-n2c(SCC(=O)N(C)C)nc3sc(C)c(C)c3c2=O)c(C)c1. The van der Waals surface area contributed by atoms with Gasteiger partial charge in [0.2, 0.25) is 5.91 Å². The maximum absolute atomic E-state index is 13.4. The van der Waals surface area contributed by atoms with Crippen LogP contribution in [0.2, 0.25) is 0 Å². The molecule has 0 aliphatic heterocycles. The molecule has 142 valence electrons. The number of thiophene rings is 1. The van der Waals surface area contributed by atoms with Crippen molar-refractivity contribution in [1.82, 2.24) is 14.5 Å². The number of aryl methyl sites for hydroxylation is 4. The summed E-state index contributed by atoms with van der Waals surface area (Å²) >= 11 is 2.83. The summed E-state index contributed by atoms with van der Waals surface area (Å²) in [6, 6.07) is 5.99. The van der Waals surface area contributed by atoms with Gasteiger partial charge in [-0.05, 0) is 44.9 Å². The van der Waals surface area contributed by atoms with Gasteiger partial charge < -0.3 is 4.90 Å². The maximum atomic E-state index is 13.4. The third-order valence-corrected chi connectivity index (χ3v) is 6.61. The van der Waals surface area contributed by atoms with Crippen LogP contribution in [0.25, 0.3) is 15.9 Å². The van der Waals surface area contributed by atoms with Crippen molar-refractivity contribution < 1.29 is 4.79 Å². The second-order valence-electron chi connectivity index (χ2n) is 6.87. The third-order valence-electron chi connectivity index (χ3n) is 4.59. The van der Waals surface area contributed by atoms with Gasteiger partial charge in [-0.1, -0.05) is 29.5 Å². The first-order valence-corrected chi connectivity index (χ1v) is 10.4. The molecule has 0 fully saturated rings. The standard InChI is InChI=1S/C20H23N3O2S2/c1-11-7-8-15(12(2)9-11)23-19(25)17-13(3)14(4)27-18(17)21-20(23)26-10-16(24)22(5)6/h7-9H,10H2,1-6H3. The van der Waals surface area contributed by atoms with E-state index in [-0.39, 0.29) is 17.2 Å². The van der Waals surface area contributed by atoms with Crippen LogP contribution in [0.15, 0.2) is 28.2 Å². The minimum atomic E-state index is -0.0754. The average Bonchev–Trinajstić information content (AvgIpc) is 2.88. The summed E-state index contributed by atoms with van der Waals surface area (Å²) in [4.78, 5) is 33.6. The molecule has 0 radical (unpaired) electrons. The summed E-state index contributed by atoms with van der Waals surface area (Å²) in [5.41, 5.74) is 3.85. The van der Waals surface area contributed by atoms with Gasteiger partial charge in [0.05, 0.1) is 16.8 Å². The number of thioether (sulfide) groups is 1. The summed E-state index contributed by atoms with van der Waals surface area (Å²) in [6.45, 7) is 7.99. The van der Waals surface area contributed by atoms with Gasteiger partial charge in [0, 0.05) is 19.0 Å². The van der Waals surface area contributed by atoms with Crippen molar-refractivity contribution in [3.8, 4) is 5.69 Å². The van der Waals surface area contributed by atoms with Crippen LogP contribution in [0.4, 0.5) is 0 Å². The molecule has 0 aliphatic carbocycles. The molecule has 2 heterocycles. The summed E-state index contributed by atoms with van der Waals surface area (Å²) in [6.07, 6.45) is 0. The van der Waals surface area contributed by atoms with Crippen molar-refractivity contribution in [2.75, 3.05) is 19.8 Å². The van der Waals surface area contributed by atoms with E-state index in [0.717, 1.165) is 32.1 Å². The van der Waals surface area contributed by atoms with Gasteiger partial charge in [-0.25, -0.2) is 4.98 Å². The topological polar surface area (TPSA) is 55.2 Å². The van der Waals surface area contributed by atoms with Gasteiger partial charge in [0.25, 0.3) is 5.56 Å². The van der Waals surface area contributed by atoms with E-state index < -0.39 is 0 Å². The van der Waals surface area contributed by atoms with Gasteiger partial charge >= 0.3 is 0 Å². The van der Waals surface area contributed by atoms with Crippen LogP contribution in [-0.4, -0.2) is 40.2 Å². The highest BCUT2D eigenvalue weighted by Crippen LogP contribution is 2.30. The van der Waals surface area contributed by atoms with Gasteiger partial charge in [-0.3, -0.25) is 14.2 Å². The fourth-order valence-electron chi connectivity index (χ4n) is 2.90. The Bertz CT molecular complexity index is 1100.